The van der Waals surface area contributed by atoms with E-state index in [4.69, 9.17) is 0 Å². The van der Waals surface area contributed by atoms with Crippen molar-refractivity contribution >= 4 is 38.3 Å². The smallest absolute Gasteiger partial charge is 0.261 e. The van der Waals surface area contributed by atoms with Crippen LogP contribution < -0.4 is 10.0 Å². The Kier molecular flexibility index (Phi) is 7.94. The third kappa shape index (κ3) is 6.35. The average molecular weight is 482 g/mol. The number of hydrogen-bond acceptors (Lipinski definition) is 4. The highest BCUT2D eigenvalue weighted by Gasteiger charge is 2.18. The van der Waals surface area contributed by atoms with Gasteiger partial charge in [-0.1, -0.05) is 44.2 Å². The molecule has 0 saturated heterocycles. The van der Waals surface area contributed by atoms with Gasteiger partial charge >= 0.3 is 0 Å². The van der Waals surface area contributed by atoms with Gasteiger partial charge in [0.2, 0.25) is 5.91 Å². The third-order valence-electron chi connectivity index (χ3n) is 5.70. The summed E-state index contributed by atoms with van der Waals surface area (Å²) in [5, 5.41) is 4.41. The van der Waals surface area contributed by atoms with Gasteiger partial charge in [-0.25, -0.2) is 8.42 Å². The molecule has 0 radical (unpaired) electrons. The van der Waals surface area contributed by atoms with Crippen molar-refractivity contribution in [3.63, 3.8) is 0 Å². The van der Waals surface area contributed by atoms with Crippen LogP contribution in [-0.4, -0.2) is 44.8 Å². The maximum absolute atomic E-state index is 12.8. The van der Waals surface area contributed by atoms with Gasteiger partial charge in [0.15, 0.2) is 0 Å². The fourth-order valence-corrected chi connectivity index (χ4v) is 4.80. The zero-order valence-electron chi connectivity index (χ0n) is 19.9. The van der Waals surface area contributed by atoms with Crippen LogP contribution in [0.4, 0.5) is 5.69 Å². The maximum atomic E-state index is 12.8. The summed E-state index contributed by atoms with van der Waals surface area (Å²) in [5.41, 5.74) is 0.669. The summed E-state index contributed by atoms with van der Waals surface area (Å²) in [5.74, 6) is -0.0968. The first-order valence-corrected chi connectivity index (χ1v) is 12.7. The van der Waals surface area contributed by atoms with Gasteiger partial charge in [0.25, 0.3) is 15.9 Å². The molecule has 34 heavy (non-hydrogen) atoms. The topological polar surface area (TPSA) is 95.6 Å². The zero-order valence-corrected chi connectivity index (χ0v) is 20.7. The van der Waals surface area contributed by atoms with Gasteiger partial charge in [-0.3, -0.25) is 14.3 Å². The van der Waals surface area contributed by atoms with E-state index in [2.05, 4.69) is 23.9 Å². The van der Waals surface area contributed by atoms with Crippen molar-refractivity contribution in [3.05, 3.63) is 72.3 Å². The lowest BCUT2D eigenvalue weighted by atomic mass is 10.0. The number of likely N-dealkylation sites (N-methyl/N-ethyl adjacent to an activating group) is 1. The Morgan fingerprint density at radius 2 is 1.56 bits per heavy atom. The van der Waals surface area contributed by atoms with Crippen LogP contribution in [0.3, 0.4) is 0 Å². The highest BCUT2D eigenvalue weighted by molar-refractivity contribution is 7.92. The number of nitrogens with one attached hydrogen (secondary N) is 2. The molecule has 0 spiro atoms. The number of sulfonamides is 1. The minimum absolute atomic E-state index is 0.0827. The quantitative estimate of drug-likeness (QED) is 0.477. The number of carbonyl (C=O) groups is 2. The van der Waals surface area contributed by atoms with Gasteiger partial charge < -0.3 is 10.2 Å². The molecule has 0 fully saturated rings. The number of carbonyl (C=O) groups excluding carboxylic acids is 2. The lowest BCUT2D eigenvalue weighted by Crippen LogP contribution is -2.42. The highest BCUT2D eigenvalue weighted by Crippen LogP contribution is 2.21. The van der Waals surface area contributed by atoms with Crippen molar-refractivity contribution in [2.45, 2.75) is 38.1 Å². The molecule has 3 aromatic rings. The molecule has 0 aliphatic rings. The molecule has 0 saturated carbocycles. The molecule has 2 N–H and O–H groups in total. The van der Waals surface area contributed by atoms with Gasteiger partial charge in [0.1, 0.15) is 0 Å². The molecule has 0 aliphatic heterocycles. The van der Waals surface area contributed by atoms with E-state index >= 15 is 0 Å². The van der Waals surface area contributed by atoms with Crippen molar-refractivity contribution in [2.24, 2.45) is 5.92 Å². The van der Waals surface area contributed by atoms with Crippen LogP contribution in [0.2, 0.25) is 0 Å². The standard InChI is InChI=1S/C26H31N3O4S/c1-18(2)15-19(3)29(4)25(30)17-27-26(31)21-9-12-23(13-10-21)28-34(32,33)24-14-11-20-7-5-6-8-22(20)16-24/h5-14,16,18-19,28H,15,17H2,1-4H3,(H,27,31). The van der Waals surface area contributed by atoms with E-state index in [1.807, 2.05) is 31.2 Å². The monoisotopic (exact) mass is 481 g/mol. The van der Waals surface area contributed by atoms with Gasteiger partial charge in [-0.15, -0.1) is 0 Å². The van der Waals surface area contributed by atoms with E-state index in [0.29, 0.717) is 17.2 Å². The molecular weight excluding hydrogens is 450 g/mol. The van der Waals surface area contributed by atoms with Crippen molar-refractivity contribution in [3.8, 4) is 0 Å². The zero-order chi connectivity index (χ0) is 24.9. The third-order valence-corrected chi connectivity index (χ3v) is 7.08. The van der Waals surface area contributed by atoms with Crippen LogP contribution in [0.15, 0.2) is 71.6 Å². The Labute approximate surface area is 201 Å². The minimum atomic E-state index is -3.79. The normalized spacial score (nSPS) is 12.4. The SMILES string of the molecule is CC(C)CC(C)N(C)C(=O)CNC(=O)c1ccc(NS(=O)(=O)c2ccc3ccccc3c2)cc1. The fraction of sp³-hybridized carbons (Fsp3) is 0.308. The molecule has 3 aromatic carbocycles. The Hall–Kier alpha value is -3.39. The summed E-state index contributed by atoms with van der Waals surface area (Å²) < 4.78 is 28.1. The molecule has 0 aliphatic carbocycles. The maximum Gasteiger partial charge on any atom is 0.261 e. The number of hydrogen-bond donors (Lipinski definition) is 2. The van der Waals surface area contributed by atoms with Gasteiger partial charge in [-0.05, 0) is 66.4 Å². The molecule has 0 heterocycles. The first-order chi connectivity index (χ1) is 16.1. The predicted molar refractivity (Wildman–Crippen MR) is 135 cm³/mol. The number of rotatable bonds is 9. The predicted octanol–water partition coefficient (Wildman–Crippen LogP) is 4.26. The van der Waals surface area contributed by atoms with E-state index in [1.165, 1.54) is 24.3 Å². The minimum Gasteiger partial charge on any atom is -0.343 e. The highest BCUT2D eigenvalue weighted by atomic mass is 32.2. The molecule has 8 heteroatoms. The van der Waals surface area contributed by atoms with Crippen LogP contribution in [0.5, 0.6) is 0 Å². The lowest BCUT2D eigenvalue weighted by Gasteiger charge is -2.26. The second-order valence-corrected chi connectivity index (χ2v) is 10.5. The second-order valence-electron chi connectivity index (χ2n) is 8.86. The summed E-state index contributed by atoms with van der Waals surface area (Å²) >= 11 is 0. The number of nitrogens with zero attached hydrogens (tertiary/aromatic N) is 1. The van der Waals surface area contributed by atoms with Crippen LogP contribution in [0.25, 0.3) is 10.8 Å². The summed E-state index contributed by atoms with van der Waals surface area (Å²) in [6, 6.07) is 18.6. The largest absolute Gasteiger partial charge is 0.343 e. The number of fused-ring (bicyclic) bond motifs is 1. The average Bonchev–Trinajstić information content (AvgIpc) is 2.81. The Balaban J connectivity index is 1.60. The Bertz CT molecular complexity index is 1270. The van der Waals surface area contributed by atoms with Gasteiger partial charge in [0, 0.05) is 24.3 Å². The lowest BCUT2D eigenvalue weighted by molar-refractivity contribution is -0.130. The van der Waals surface area contributed by atoms with Crippen LogP contribution in [-0.2, 0) is 14.8 Å². The first-order valence-electron chi connectivity index (χ1n) is 11.2. The molecule has 180 valence electrons. The summed E-state index contributed by atoms with van der Waals surface area (Å²) in [7, 11) is -2.05. The van der Waals surface area contributed by atoms with E-state index in [1.54, 1.807) is 30.1 Å². The van der Waals surface area contributed by atoms with Crippen LogP contribution in [0, 0.1) is 5.92 Å². The number of anilines is 1. The van der Waals surface area contributed by atoms with E-state index in [0.717, 1.165) is 17.2 Å². The Morgan fingerprint density at radius 3 is 2.21 bits per heavy atom. The van der Waals surface area contributed by atoms with Gasteiger partial charge in [0.05, 0.1) is 11.4 Å². The van der Waals surface area contributed by atoms with Crippen molar-refractivity contribution in [1.82, 2.24) is 10.2 Å². The molecule has 1 atom stereocenters. The number of amides is 2. The van der Waals surface area contributed by atoms with Crippen LogP contribution >= 0.6 is 0 Å². The summed E-state index contributed by atoms with van der Waals surface area (Å²) in [6.07, 6.45) is 0.882. The van der Waals surface area contributed by atoms with E-state index in [9.17, 15) is 18.0 Å². The van der Waals surface area contributed by atoms with Crippen LogP contribution in [0.1, 0.15) is 37.6 Å². The molecule has 2 amide bonds. The van der Waals surface area contributed by atoms with E-state index in [-0.39, 0.29) is 23.4 Å². The molecule has 0 bridgehead atoms. The van der Waals surface area contributed by atoms with Crippen molar-refractivity contribution in [2.75, 3.05) is 18.3 Å². The van der Waals surface area contributed by atoms with Crippen molar-refractivity contribution < 1.29 is 18.0 Å². The molecule has 7 nitrogen and oxygen atoms in total. The molecule has 3 rings (SSSR count). The van der Waals surface area contributed by atoms with Crippen molar-refractivity contribution in [1.29, 1.82) is 0 Å². The summed E-state index contributed by atoms with van der Waals surface area (Å²) in [6.45, 7) is 6.08. The summed E-state index contributed by atoms with van der Waals surface area (Å²) in [4.78, 5) is 26.6. The number of benzene rings is 3. The van der Waals surface area contributed by atoms with Gasteiger partial charge in [-0.2, -0.15) is 0 Å². The second kappa shape index (κ2) is 10.7. The molecule has 1 unspecified atom stereocenters. The Morgan fingerprint density at radius 1 is 0.912 bits per heavy atom. The molecule has 0 aromatic heterocycles. The molecular formula is C26H31N3O4S. The first kappa shape index (κ1) is 25.2. The van der Waals surface area contributed by atoms with E-state index < -0.39 is 15.9 Å². The fourth-order valence-electron chi connectivity index (χ4n) is 3.71.